The molecule has 3 aromatic carbocycles. The Labute approximate surface area is 184 Å². The van der Waals surface area contributed by atoms with E-state index in [1.165, 1.54) is 38.9 Å². The van der Waals surface area contributed by atoms with Crippen molar-refractivity contribution in [3.8, 4) is 0 Å². The molecule has 0 heterocycles. The Bertz CT molecular complexity index is 944. The maximum absolute atomic E-state index is 3.74. The lowest BCUT2D eigenvalue weighted by Crippen LogP contribution is -1.83. The van der Waals surface area contributed by atoms with Gasteiger partial charge in [-0.2, -0.15) is 0 Å². The van der Waals surface area contributed by atoms with Crippen molar-refractivity contribution >= 4 is 18.2 Å². The number of rotatable bonds is 5. The third-order valence-electron chi connectivity index (χ3n) is 5.12. The topological polar surface area (TPSA) is 0 Å². The van der Waals surface area contributed by atoms with Gasteiger partial charge in [-0.25, -0.2) is 0 Å². The number of hydrogen-bond acceptors (Lipinski definition) is 0. The van der Waals surface area contributed by atoms with Crippen LogP contribution < -0.4 is 0 Å². The van der Waals surface area contributed by atoms with Gasteiger partial charge in [-0.15, -0.1) is 0 Å². The largest absolute Gasteiger partial charge is 0.0985 e. The van der Waals surface area contributed by atoms with Crippen LogP contribution in [0, 0.1) is 13.8 Å². The minimum absolute atomic E-state index is 1.09. The molecule has 0 spiro atoms. The fourth-order valence-corrected chi connectivity index (χ4v) is 2.99. The maximum atomic E-state index is 3.74. The first kappa shape index (κ1) is 24.9. The molecule has 0 N–H and O–H groups in total. The van der Waals surface area contributed by atoms with Crippen LogP contribution in [0.15, 0.2) is 86.5 Å². The Morgan fingerprint density at radius 3 is 1.83 bits per heavy atom. The average molecular weight is 397 g/mol. The Hall–Kier alpha value is -3.12. The first-order chi connectivity index (χ1) is 14.5. The van der Waals surface area contributed by atoms with Crippen molar-refractivity contribution < 1.29 is 0 Å². The summed E-state index contributed by atoms with van der Waals surface area (Å²) in [6.45, 7) is 19.7. The molecule has 0 unspecified atom stereocenters. The smallest absolute Gasteiger partial charge is 0.0231 e. The molecule has 3 aromatic rings. The summed E-state index contributed by atoms with van der Waals surface area (Å²) < 4.78 is 0. The van der Waals surface area contributed by atoms with Crippen LogP contribution in [-0.2, 0) is 12.8 Å². The summed E-state index contributed by atoms with van der Waals surface area (Å²) in [7, 11) is 0. The number of benzene rings is 3. The van der Waals surface area contributed by atoms with E-state index in [2.05, 4.69) is 108 Å². The second-order valence-electron chi connectivity index (χ2n) is 7.05. The molecule has 0 amide bonds. The summed E-state index contributed by atoms with van der Waals surface area (Å²) in [6, 6.07) is 23.0. The highest BCUT2D eigenvalue weighted by Crippen LogP contribution is 2.13. The third-order valence-corrected chi connectivity index (χ3v) is 5.12. The lowest BCUT2D eigenvalue weighted by molar-refractivity contribution is 1.13. The highest BCUT2D eigenvalue weighted by molar-refractivity contribution is 5.53. The minimum atomic E-state index is 1.09. The van der Waals surface area contributed by atoms with Crippen LogP contribution >= 0.6 is 0 Å². The van der Waals surface area contributed by atoms with Gasteiger partial charge in [-0.3, -0.25) is 0 Å². The second kappa shape index (κ2) is 14.0. The van der Waals surface area contributed by atoms with Gasteiger partial charge in [-0.1, -0.05) is 119 Å². The fourth-order valence-electron chi connectivity index (χ4n) is 2.99. The molecule has 0 aliphatic rings. The quantitative estimate of drug-likeness (QED) is 0.404. The first-order valence-corrected chi connectivity index (χ1v) is 10.6. The van der Waals surface area contributed by atoms with Crippen LogP contribution in [0.3, 0.4) is 0 Å². The van der Waals surface area contributed by atoms with Gasteiger partial charge in [0.25, 0.3) is 0 Å². The van der Waals surface area contributed by atoms with Gasteiger partial charge >= 0.3 is 0 Å². The zero-order valence-electron chi connectivity index (χ0n) is 19.1. The van der Waals surface area contributed by atoms with Crippen LogP contribution in [0.1, 0.15) is 52.8 Å². The van der Waals surface area contributed by atoms with E-state index in [1.54, 1.807) is 0 Å². The molecular formula is C30H36. The van der Waals surface area contributed by atoms with E-state index in [0.29, 0.717) is 0 Å². The van der Waals surface area contributed by atoms with Crippen molar-refractivity contribution in [3.63, 3.8) is 0 Å². The summed E-state index contributed by atoms with van der Waals surface area (Å²) in [6.07, 6.45) is 7.85. The summed E-state index contributed by atoms with van der Waals surface area (Å²) in [5.41, 5.74) is 9.11. The van der Waals surface area contributed by atoms with Crippen molar-refractivity contribution in [1.29, 1.82) is 0 Å². The SMILES string of the molecule is C=Cc1cccc(C)c1C.C=Cc1cccc(CC)c1.C=Cc1ccccc1CC. The molecule has 0 saturated heterocycles. The van der Waals surface area contributed by atoms with E-state index in [-0.39, 0.29) is 0 Å². The van der Waals surface area contributed by atoms with Gasteiger partial charge in [0.15, 0.2) is 0 Å². The predicted octanol–water partition coefficient (Wildman–Crippen LogP) is 8.73. The van der Waals surface area contributed by atoms with Crippen LogP contribution in [0.2, 0.25) is 0 Å². The summed E-state index contributed by atoms with van der Waals surface area (Å²) in [5.74, 6) is 0. The molecule has 0 nitrogen and oxygen atoms in total. The van der Waals surface area contributed by atoms with E-state index in [0.717, 1.165) is 12.8 Å². The van der Waals surface area contributed by atoms with E-state index in [9.17, 15) is 0 Å². The Balaban J connectivity index is 0.000000225. The summed E-state index contributed by atoms with van der Waals surface area (Å²) in [5, 5.41) is 0. The molecule has 0 atom stereocenters. The van der Waals surface area contributed by atoms with Gasteiger partial charge in [-0.05, 0) is 65.6 Å². The van der Waals surface area contributed by atoms with Gasteiger partial charge in [0.1, 0.15) is 0 Å². The Kier molecular flexibility index (Phi) is 11.6. The lowest BCUT2D eigenvalue weighted by Gasteiger charge is -2.01. The molecule has 0 aliphatic carbocycles. The molecular weight excluding hydrogens is 360 g/mol. The second-order valence-corrected chi connectivity index (χ2v) is 7.05. The molecule has 0 fully saturated rings. The maximum Gasteiger partial charge on any atom is -0.0231 e. The molecule has 0 saturated carbocycles. The molecule has 3 rings (SSSR count). The normalized spacial score (nSPS) is 9.33. The highest BCUT2D eigenvalue weighted by Gasteiger charge is 1.94. The van der Waals surface area contributed by atoms with E-state index < -0.39 is 0 Å². The summed E-state index contributed by atoms with van der Waals surface area (Å²) >= 11 is 0. The zero-order valence-corrected chi connectivity index (χ0v) is 19.1. The van der Waals surface area contributed by atoms with E-state index in [1.807, 2.05) is 24.3 Å². The first-order valence-electron chi connectivity index (χ1n) is 10.6. The molecule has 0 aromatic heterocycles. The van der Waals surface area contributed by atoms with Gasteiger partial charge in [0.05, 0.1) is 0 Å². The van der Waals surface area contributed by atoms with E-state index >= 15 is 0 Å². The lowest BCUT2D eigenvalue weighted by atomic mass is 10.0. The minimum Gasteiger partial charge on any atom is -0.0985 e. The zero-order chi connectivity index (χ0) is 22.4. The van der Waals surface area contributed by atoms with Crippen LogP contribution in [-0.4, -0.2) is 0 Å². The Morgan fingerprint density at radius 1 is 0.667 bits per heavy atom. The molecule has 0 radical (unpaired) electrons. The predicted molar refractivity (Wildman–Crippen MR) is 138 cm³/mol. The van der Waals surface area contributed by atoms with E-state index in [4.69, 9.17) is 0 Å². The van der Waals surface area contributed by atoms with Crippen molar-refractivity contribution in [1.82, 2.24) is 0 Å². The molecule has 0 bridgehead atoms. The number of aryl methyl sites for hydroxylation is 3. The van der Waals surface area contributed by atoms with Crippen molar-refractivity contribution in [2.24, 2.45) is 0 Å². The highest BCUT2D eigenvalue weighted by atomic mass is 14.0. The van der Waals surface area contributed by atoms with Crippen molar-refractivity contribution in [2.75, 3.05) is 0 Å². The molecule has 30 heavy (non-hydrogen) atoms. The van der Waals surface area contributed by atoms with Crippen LogP contribution in [0.5, 0.6) is 0 Å². The van der Waals surface area contributed by atoms with Gasteiger partial charge in [0, 0.05) is 0 Å². The monoisotopic (exact) mass is 396 g/mol. The molecule has 0 heteroatoms. The third kappa shape index (κ3) is 8.09. The average Bonchev–Trinajstić information content (AvgIpc) is 2.81. The molecule has 156 valence electrons. The van der Waals surface area contributed by atoms with Gasteiger partial charge < -0.3 is 0 Å². The Morgan fingerprint density at radius 2 is 1.30 bits per heavy atom. The standard InChI is InChI=1S/3C10H12/c1-4-10-7-5-6-8(2)9(10)3;1-3-9-6-5-7-10(4-2)8-9;1-3-9-7-5-6-8-10(9)4-2/h4-7H,1H2,2-3H3;2*3,5-8H,1,4H2,2H3. The summed E-state index contributed by atoms with van der Waals surface area (Å²) in [4.78, 5) is 0. The fraction of sp³-hybridized carbons (Fsp3) is 0.200. The van der Waals surface area contributed by atoms with Crippen LogP contribution in [0.25, 0.3) is 18.2 Å². The van der Waals surface area contributed by atoms with Crippen molar-refractivity contribution in [3.05, 3.63) is 125 Å². The van der Waals surface area contributed by atoms with Crippen molar-refractivity contribution in [2.45, 2.75) is 40.5 Å². The number of hydrogen-bond donors (Lipinski definition) is 0. The molecule has 0 aliphatic heterocycles. The van der Waals surface area contributed by atoms with Crippen LogP contribution in [0.4, 0.5) is 0 Å². The van der Waals surface area contributed by atoms with Gasteiger partial charge in [0.2, 0.25) is 0 Å².